The summed E-state index contributed by atoms with van der Waals surface area (Å²) in [5.74, 6) is -1.32. The standard InChI is InChI=1S/C26H27NO3/c1-3-23(20-16-14-19(2)15-17-20)27-24(28)18-30-26(29)25(21-10-6-4-7-11-21)22-12-8-5-9-13-22/h4-17,23,25H,3,18H2,1-2H3,(H,27,28)/t23-/m1/s1. The first-order chi connectivity index (χ1) is 14.6. The van der Waals surface area contributed by atoms with Crippen molar-refractivity contribution in [3.8, 4) is 0 Å². The molecule has 0 radical (unpaired) electrons. The molecule has 3 rings (SSSR count). The van der Waals surface area contributed by atoms with Crippen LogP contribution in [0.2, 0.25) is 0 Å². The fourth-order valence-electron chi connectivity index (χ4n) is 3.43. The summed E-state index contributed by atoms with van der Waals surface area (Å²) in [6, 6.07) is 26.9. The molecule has 1 atom stereocenters. The molecule has 1 amide bonds. The topological polar surface area (TPSA) is 55.4 Å². The summed E-state index contributed by atoms with van der Waals surface area (Å²) in [7, 11) is 0. The Kier molecular flexibility index (Phi) is 7.39. The molecule has 4 heteroatoms. The van der Waals surface area contributed by atoms with E-state index in [0.29, 0.717) is 0 Å². The van der Waals surface area contributed by atoms with Gasteiger partial charge in [0.15, 0.2) is 6.61 Å². The number of hydrogen-bond acceptors (Lipinski definition) is 3. The van der Waals surface area contributed by atoms with Gasteiger partial charge in [0.2, 0.25) is 0 Å². The first-order valence-electron chi connectivity index (χ1n) is 10.2. The summed E-state index contributed by atoms with van der Waals surface area (Å²) in [5, 5.41) is 2.96. The lowest BCUT2D eigenvalue weighted by Gasteiger charge is -2.19. The van der Waals surface area contributed by atoms with Crippen LogP contribution in [-0.4, -0.2) is 18.5 Å². The molecule has 154 valence electrons. The van der Waals surface area contributed by atoms with Crippen LogP contribution in [0.3, 0.4) is 0 Å². The van der Waals surface area contributed by atoms with E-state index in [2.05, 4.69) is 5.32 Å². The summed E-state index contributed by atoms with van der Waals surface area (Å²) < 4.78 is 5.42. The van der Waals surface area contributed by atoms with Gasteiger partial charge in [0.1, 0.15) is 5.92 Å². The molecule has 0 heterocycles. The van der Waals surface area contributed by atoms with Gasteiger partial charge in [-0.2, -0.15) is 0 Å². The second-order valence-corrected chi connectivity index (χ2v) is 7.30. The second kappa shape index (κ2) is 10.4. The number of aryl methyl sites for hydroxylation is 1. The van der Waals surface area contributed by atoms with E-state index in [-0.39, 0.29) is 18.6 Å². The fraction of sp³-hybridized carbons (Fsp3) is 0.231. The molecule has 0 bridgehead atoms. The van der Waals surface area contributed by atoms with Crippen molar-refractivity contribution in [2.45, 2.75) is 32.2 Å². The first-order valence-corrected chi connectivity index (χ1v) is 10.2. The molecule has 0 fully saturated rings. The van der Waals surface area contributed by atoms with Gasteiger partial charge in [-0.3, -0.25) is 9.59 Å². The van der Waals surface area contributed by atoms with Gasteiger partial charge in [0.05, 0.1) is 6.04 Å². The van der Waals surface area contributed by atoms with Crippen molar-refractivity contribution in [1.82, 2.24) is 5.32 Å². The summed E-state index contributed by atoms with van der Waals surface area (Å²) >= 11 is 0. The number of carbonyl (C=O) groups excluding carboxylic acids is 2. The van der Waals surface area contributed by atoms with Crippen molar-refractivity contribution < 1.29 is 14.3 Å². The Morgan fingerprint density at radius 2 is 1.33 bits per heavy atom. The van der Waals surface area contributed by atoms with Gasteiger partial charge in [-0.05, 0) is 30.0 Å². The third-order valence-electron chi connectivity index (χ3n) is 5.07. The van der Waals surface area contributed by atoms with Crippen molar-refractivity contribution in [2.24, 2.45) is 0 Å². The maximum Gasteiger partial charge on any atom is 0.318 e. The number of amides is 1. The van der Waals surface area contributed by atoms with Gasteiger partial charge in [-0.15, -0.1) is 0 Å². The minimum atomic E-state index is -0.570. The van der Waals surface area contributed by atoms with Crippen LogP contribution in [0.5, 0.6) is 0 Å². The SMILES string of the molecule is CC[C@@H](NC(=O)COC(=O)C(c1ccccc1)c1ccccc1)c1ccc(C)cc1. The number of nitrogens with one attached hydrogen (secondary N) is 1. The number of esters is 1. The summed E-state index contributed by atoms with van der Waals surface area (Å²) in [6.45, 7) is 3.73. The van der Waals surface area contributed by atoms with Crippen molar-refractivity contribution in [2.75, 3.05) is 6.61 Å². The first kappa shape index (κ1) is 21.3. The van der Waals surface area contributed by atoms with Crippen LogP contribution in [0.15, 0.2) is 84.9 Å². The summed E-state index contributed by atoms with van der Waals surface area (Å²) in [4.78, 5) is 25.4. The van der Waals surface area contributed by atoms with Crippen molar-refractivity contribution >= 4 is 11.9 Å². The van der Waals surface area contributed by atoms with Gasteiger partial charge in [0, 0.05) is 0 Å². The molecule has 30 heavy (non-hydrogen) atoms. The van der Waals surface area contributed by atoms with Crippen LogP contribution in [0.25, 0.3) is 0 Å². The molecule has 0 aliphatic rings. The second-order valence-electron chi connectivity index (χ2n) is 7.30. The highest BCUT2D eigenvalue weighted by molar-refractivity contribution is 5.85. The predicted molar refractivity (Wildman–Crippen MR) is 118 cm³/mol. The van der Waals surface area contributed by atoms with Crippen molar-refractivity contribution in [1.29, 1.82) is 0 Å². The summed E-state index contributed by atoms with van der Waals surface area (Å²) in [6.07, 6.45) is 0.749. The highest BCUT2D eigenvalue weighted by Gasteiger charge is 2.25. The Balaban J connectivity index is 1.66. The predicted octanol–water partition coefficient (Wildman–Crippen LogP) is 4.94. The van der Waals surface area contributed by atoms with Gasteiger partial charge >= 0.3 is 5.97 Å². The highest BCUT2D eigenvalue weighted by Crippen LogP contribution is 2.26. The molecule has 0 saturated carbocycles. The van der Waals surface area contributed by atoms with Crippen LogP contribution < -0.4 is 5.32 Å². The molecule has 1 N–H and O–H groups in total. The number of ether oxygens (including phenoxy) is 1. The quantitative estimate of drug-likeness (QED) is 0.544. The molecule has 0 unspecified atom stereocenters. The smallest absolute Gasteiger partial charge is 0.318 e. The van der Waals surface area contributed by atoms with Gasteiger partial charge in [-0.25, -0.2) is 0 Å². The van der Waals surface area contributed by atoms with E-state index in [1.807, 2.05) is 98.8 Å². The molecule has 3 aromatic carbocycles. The average Bonchev–Trinajstić information content (AvgIpc) is 2.78. The Bertz CT molecular complexity index is 913. The van der Waals surface area contributed by atoms with Gasteiger partial charge < -0.3 is 10.1 Å². The third kappa shape index (κ3) is 5.57. The Labute approximate surface area is 177 Å². The molecule has 0 aliphatic carbocycles. The van der Waals surface area contributed by atoms with Crippen LogP contribution in [0.4, 0.5) is 0 Å². The van der Waals surface area contributed by atoms with E-state index in [0.717, 1.165) is 23.1 Å². The van der Waals surface area contributed by atoms with Crippen LogP contribution in [0, 0.1) is 6.92 Å². The molecule has 0 aromatic heterocycles. The van der Waals surface area contributed by atoms with Crippen molar-refractivity contribution in [3.63, 3.8) is 0 Å². The van der Waals surface area contributed by atoms with E-state index >= 15 is 0 Å². The normalized spacial score (nSPS) is 11.7. The zero-order valence-corrected chi connectivity index (χ0v) is 17.4. The largest absolute Gasteiger partial charge is 0.455 e. The average molecular weight is 402 g/mol. The third-order valence-corrected chi connectivity index (χ3v) is 5.07. The Morgan fingerprint density at radius 3 is 1.83 bits per heavy atom. The molecule has 0 spiro atoms. The lowest BCUT2D eigenvalue weighted by Crippen LogP contribution is -2.33. The minimum absolute atomic E-state index is 0.115. The Hall–Kier alpha value is -3.40. The van der Waals surface area contributed by atoms with E-state index in [9.17, 15) is 9.59 Å². The molecular formula is C26H27NO3. The zero-order chi connectivity index (χ0) is 21.3. The number of benzene rings is 3. The maximum absolute atomic E-state index is 12.9. The number of hydrogen-bond donors (Lipinski definition) is 1. The van der Waals surface area contributed by atoms with E-state index in [1.54, 1.807) is 0 Å². The van der Waals surface area contributed by atoms with Crippen molar-refractivity contribution in [3.05, 3.63) is 107 Å². The summed E-state index contributed by atoms with van der Waals surface area (Å²) in [5.41, 5.74) is 3.87. The molecule has 4 nitrogen and oxygen atoms in total. The molecule has 0 aliphatic heterocycles. The van der Waals surface area contributed by atoms with E-state index < -0.39 is 11.9 Å². The molecule has 0 saturated heterocycles. The Morgan fingerprint density at radius 1 is 0.800 bits per heavy atom. The zero-order valence-electron chi connectivity index (χ0n) is 17.4. The molecule has 3 aromatic rings. The van der Waals surface area contributed by atoms with E-state index in [4.69, 9.17) is 4.74 Å². The monoisotopic (exact) mass is 401 g/mol. The van der Waals surface area contributed by atoms with Gasteiger partial charge in [-0.1, -0.05) is 97.4 Å². The lowest BCUT2D eigenvalue weighted by atomic mass is 9.91. The van der Waals surface area contributed by atoms with Gasteiger partial charge in [0.25, 0.3) is 5.91 Å². The fourth-order valence-corrected chi connectivity index (χ4v) is 3.43. The molecular weight excluding hydrogens is 374 g/mol. The number of carbonyl (C=O) groups is 2. The van der Waals surface area contributed by atoms with E-state index in [1.165, 1.54) is 5.56 Å². The number of rotatable bonds is 8. The van der Waals surface area contributed by atoms with Crippen LogP contribution >= 0.6 is 0 Å². The highest BCUT2D eigenvalue weighted by atomic mass is 16.5. The minimum Gasteiger partial charge on any atom is -0.455 e. The lowest BCUT2D eigenvalue weighted by molar-refractivity contribution is -0.149. The van der Waals surface area contributed by atoms with Crippen LogP contribution in [0.1, 0.15) is 47.6 Å². The maximum atomic E-state index is 12.9. The van der Waals surface area contributed by atoms with Crippen LogP contribution in [-0.2, 0) is 14.3 Å².